The molecule has 0 bridgehead atoms. The van der Waals surface area contributed by atoms with Crippen molar-refractivity contribution in [2.45, 2.75) is 12.7 Å². The summed E-state index contributed by atoms with van der Waals surface area (Å²) in [5, 5.41) is 6.99. The fraction of sp³-hybridized carbons (Fsp3) is 0.276. The molecule has 0 spiro atoms. The summed E-state index contributed by atoms with van der Waals surface area (Å²) < 4.78 is 39.8. The number of aromatic nitrogens is 3. The number of fused-ring (bicyclic) bond motifs is 1. The predicted octanol–water partition coefficient (Wildman–Crippen LogP) is 3.99. The molecule has 0 radical (unpaired) electrons. The Morgan fingerprint density at radius 2 is 1.90 bits per heavy atom. The standard InChI is InChI=1S/C29H35N7O5S/c1-7-28(37)31-22-15-23(26(41-6)16-25(22)35(5)13-12-34(3)4)32-29-30-11-10-27(33-29)36-17-19(2)21-9-8-20(14-24(21)36)18-42(38,39)40/h7-11,14-17H,1,12-13,18H2,2-6H3,(H,31,37)(H,30,32,33)(H,38,39,40). The fourth-order valence-electron chi connectivity index (χ4n) is 4.50. The van der Waals surface area contributed by atoms with Gasteiger partial charge in [-0.25, -0.2) is 4.98 Å². The highest BCUT2D eigenvalue weighted by molar-refractivity contribution is 7.85. The molecule has 2 heterocycles. The third-order valence-electron chi connectivity index (χ3n) is 6.61. The van der Waals surface area contributed by atoms with Crippen LogP contribution in [0.1, 0.15) is 11.1 Å². The summed E-state index contributed by atoms with van der Waals surface area (Å²) in [4.78, 5) is 25.4. The molecular weight excluding hydrogens is 558 g/mol. The first-order chi connectivity index (χ1) is 19.9. The van der Waals surface area contributed by atoms with E-state index in [0.717, 1.165) is 28.7 Å². The first kappa shape index (κ1) is 30.5. The van der Waals surface area contributed by atoms with Gasteiger partial charge in [-0.15, -0.1) is 0 Å². The maximum Gasteiger partial charge on any atom is 0.269 e. The lowest BCUT2D eigenvalue weighted by molar-refractivity contribution is -0.111. The minimum absolute atomic E-state index is 0.272. The Hall–Kier alpha value is -4.46. The predicted molar refractivity (Wildman–Crippen MR) is 166 cm³/mol. The number of aryl methyl sites for hydroxylation is 1. The molecule has 12 nitrogen and oxygen atoms in total. The van der Waals surface area contributed by atoms with Crippen LogP contribution < -0.4 is 20.3 Å². The van der Waals surface area contributed by atoms with Gasteiger partial charge in [0, 0.05) is 44.0 Å². The molecule has 2 aromatic carbocycles. The van der Waals surface area contributed by atoms with Gasteiger partial charge in [0.1, 0.15) is 17.3 Å². The van der Waals surface area contributed by atoms with Crippen molar-refractivity contribution >= 4 is 49.9 Å². The van der Waals surface area contributed by atoms with E-state index >= 15 is 0 Å². The summed E-state index contributed by atoms with van der Waals surface area (Å²) in [6.45, 7) is 7.02. The van der Waals surface area contributed by atoms with Crippen molar-refractivity contribution in [1.82, 2.24) is 19.4 Å². The van der Waals surface area contributed by atoms with E-state index in [9.17, 15) is 17.8 Å². The number of nitrogens with one attached hydrogen (secondary N) is 2. The van der Waals surface area contributed by atoms with Crippen LogP contribution in [0.15, 0.2) is 61.4 Å². The first-order valence-corrected chi connectivity index (χ1v) is 14.7. The SMILES string of the molecule is C=CC(=O)Nc1cc(Nc2nccc(-n3cc(C)c4ccc(CS(=O)(=O)O)cc43)n2)c(OC)cc1N(C)CCN(C)C. The van der Waals surface area contributed by atoms with Crippen LogP contribution in [-0.4, -0.2) is 79.7 Å². The molecule has 1 amide bonds. The molecule has 2 aromatic heterocycles. The summed E-state index contributed by atoms with van der Waals surface area (Å²) in [6, 6.07) is 10.5. The Bertz CT molecular complexity index is 1730. The van der Waals surface area contributed by atoms with E-state index in [4.69, 9.17) is 9.72 Å². The van der Waals surface area contributed by atoms with Gasteiger partial charge in [0.15, 0.2) is 0 Å². The maximum atomic E-state index is 12.3. The van der Waals surface area contributed by atoms with Crippen molar-refractivity contribution in [3.8, 4) is 11.6 Å². The molecular formula is C29H35N7O5S. The summed E-state index contributed by atoms with van der Waals surface area (Å²) in [7, 11) is 3.29. The third-order valence-corrected chi connectivity index (χ3v) is 7.31. The van der Waals surface area contributed by atoms with Gasteiger partial charge in [-0.3, -0.25) is 9.35 Å². The number of hydrogen-bond acceptors (Lipinski definition) is 9. The average molecular weight is 594 g/mol. The van der Waals surface area contributed by atoms with Gasteiger partial charge in [0.05, 0.1) is 29.7 Å². The molecule has 42 heavy (non-hydrogen) atoms. The van der Waals surface area contributed by atoms with E-state index in [2.05, 4.69) is 27.1 Å². The lowest BCUT2D eigenvalue weighted by atomic mass is 10.1. The molecule has 0 fully saturated rings. The van der Waals surface area contributed by atoms with E-state index in [1.165, 1.54) is 6.08 Å². The highest BCUT2D eigenvalue weighted by Crippen LogP contribution is 2.38. The Morgan fingerprint density at radius 1 is 1.14 bits per heavy atom. The van der Waals surface area contributed by atoms with E-state index in [1.807, 2.05) is 55.9 Å². The zero-order valence-corrected chi connectivity index (χ0v) is 25.1. The molecule has 0 saturated carbocycles. The Labute approximate surface area is 245 Å². The van der Waals surface area contributed by atoms with Crippen LogP contribution >= 0.6 is 0 Å². The lowest BCUT2D eigenvalue weighted by Gasteiger charge is -2.26. The van der Waals surface area contributed by atoms with E-state index in [0.29, 0.717) is 35.1 Å². The van der Waals surface area contributed by atoms with E-state index < -0.39 is 15.9 Å². The molecule has 4 rings (SSSR count). The third kappa shape index (κ3) is 7.24. The molecule has 13 heteroatoms. The monoisotopic (exact) mass is 593 g/mol. The normalized spacial score (nSPS) is 11.5. The number of rotatable bonds is 12. The number of carbonyl (C=O) groups is 1. The molecule has 0 aliphatic rings. The van der Waals surface area contributed by atoms with Crippen LogP contribution in [-0.2, 0) is 20.7 Å². The van der Waals surface area contributed by atoms with Crippen LogP contribution in [0.4, 0.5) is 23.0 Å². The molecule has 222 valence electrons. The van der Waals surface area contributed by atoms with Gasteiger partial charge in [-0.1, -0.05) is 18.7 Å². The second-order valence-electron chi connectivity index (χ2n) is 10.1. The van der Waals surface area contributed by atoms with Crippen LogP contribution in [0.2, 0.25) is 0 Å². The largest absolute Gasteiger partial charge is 0.494 e. The molecule has 4 aromatic rings. The number of hydrogen-bond donors (Lipinski definition) is 3. The second-order valence-corrected chi connectivity index (χ2v) is 11.6. The number of anilines is 4. The smallest absolute Gasteiger partial charge is 0.269 e. The van der Waals surface area contributed by atoms with Crippen LogP contribution in [0, 0.1) is 6.92 Å². The number of amides is 1. The number of ether oxygens (including phenoxy) is 1. The summed E-state index contributed by atoms with van der Waals surface area (Å²) in [5.74, 6) is 0.483. The van der Waals surface area contributed by atoms with Crippen molar-refractivity contribution in [3.63, 3.8) is 0 Å². The van der Waals surface area contributed by atoms with Crippen LogP contribution in [0.5, 0.6) is 5.75 Å². The quantitative estimate of drug-likeness (QED) is 0.163. The number of methoxy groups -OCH3 is 1. The number of benzene rings is 2. The summed E-state index contributed by atoms with van der Waals surface area (Å²) >= 11 is 0. The molecule has 0 atom stereocenters. The molecule has 0 saturated heterocycles. The minimum Gasteiger partial charge on any atom is -0.494 e. The Kier molecular flexibility index (Phi) is 9.14. The lowest BCUT2D eigenvalue weighted by Crippen LogP contribution is -2.29. The van der Waals surface area contributed by atoms with Gasteiger partial charge in [0.25, 0.3) is 10.1 Å². The Balaban J connectivity index is 1.72. The van der Waals surface area contributed by atoms with Crippen molar-refractivity contribution in [2.24, 2.45) is 0 Å². The zero-order valence-electron chi connectivity index (χ0n) is 24.2. The maximum absolute atomic E-state index is 12.3. The van der Waals surface area contributed by atoms with Gasteiger partial charge in [-0.2, -0.15) is 13.4 Å². The molecule has 0 aliphatic carbocycles. The van der Waals surface area contributed by atoms with Crippen molar-refractivity contribution in [1.29, 1.82) is 0 Å². The number of likely N-dealkylation sites (N-methyl/N-ethyl adjacent to an activating group) is 2. The molecule has 3 N–H and O–H groups in total. The van der Waals surface area contributed by atoms with Crippen LogP contribution in [0.3, 0.4) is 0 Å². The number of nitrogens with zero attached hydrogens (tertiary/aromatic N) is 5. The summed E-state index contributed by atoms with van der Waals surface area (Å²) in [6.07, 6.45) is 4.71. The highest BCUT2D eigenvalue weighted by atomic mass is 32.2. The fourth-order valence-corrected chi connectivity index (χ4v) is 5.10. The average Bonchev–Trinajstić information content (AvgIpc) is 3.26. The highest BCUT2D eigenvalue weighted by Gasteiger charge is 2.17. The van der Waals surface area contributed by atoms with Gasteiger partial charge < -0.3 is 29.7 Å². The first-order valence-electron chi connectivity index (χ1n) is 13.1. The van der Waals surface area contributed by atoms with Crippen LogP contribution in [0.25, 0.3) is 16.7 Å². The van der Waals surface area contributed by atoms with Crippen molar-refractivity contribution < 1.29 is 22.5 Å². The zero-order chi connectivity index (χ0) is 30.6. The van der Waals surface area contributed by atoms with Crippen molar-refractivity contribution in [2.75, 3.05) is 56.9 Å². The molecule has 0 aliphatic heterocycles. The molecule has 0 unspecified atom stereocenters. The van der Waals surface area contributed by atoms with E-state index in [-0.39, 0.29) is 11.9 Å². The van der Waals surface area contributed by atoms with Gasteiger partial charge in [-0.05, 0) is 56.4 Å². The van der Waals surface area contributed by atoms with E-state index in [1.54, 1.807) is 37.6 Å². The van der Waals surface area contributed by atoms with Gasteiger partial charge >= 0.3 is 0 Å². The summed E-state index contributed by atoms with van der Waals surface area (Å²) in [5.41, 5.74) is 4.00. The Morgan fingerprint density at radius 3 is 2.57 bits per heavy atom. The van der Waals surface area contributed by atoms with Gasteiger partial charge in [0.2, 0.25) is 11.9 Å². The minimum atomic E-state index is -4.19. The topological polar surface area (TPSA) is 142 Å². The second kappa shape index (κ2) is 12.6. The van der Waals surface area contributed by atoms with Crippen molar-refractivity contribution in [3.05, 3.63) is 72.6 Å². The number of carbonyl (C=O) groups excluding carboxylic acids is 1.